The van der Waals surface area contributed by atoms with Crippen molar-refractivity contribution in [2.75, 3.05) is 18.9 Å². The zero-order chi connectivity index (χ0) is 16.3. The monoisotopic (exact) mass is 329 g/mol. The number of halogens is 1. The first kappa shape index (κ1) is 16.7. The van der Waals surface area contributed by atoms with Crippen molar-refractivity contribution < 1.29 is 21.8 Å². The number of hydrogen-bond donors (Lipinski definition) is 0. The van der Waals surface area contributed by atoms with Crippen LogP contribution < -0.4 is 4.74 Å². The summed E-state index contributed by atoms with van der Waals surface area (Å²) in [5, 5.41) is 0. The predicted octanol–water partition coefficient (Wildman–Crippen LogP) is 1.91. The van der Waals surface area contributed by atoms with E-state index in [0.717, 1.165) is 5.56 Å². The first-order valence-corrected chi connectivity index (χ1v) is 8.71. The van der Waals surface area contributed by atoms with Gasteiger partial charge < -0.3 is 9.64 Å². The summed E-state index contributed by atoms with van der Waals surface area (Å²) >= 11 is 0. The van der Waals surface area contributed by atoms with Crippen molar-refractivity contribution in [1.29, 1.82) is 0 Å². The number of hydrogen-bond acceptors (Lipinski definition) is 4. The molecule has 5 nitrogen and oxygen atoms in total. The van der Waals surface area contributed by atoms with Crippen LogP contribution in [0.2, 0.25) is 0 Å². The molecule has 1 aliphatic rings. The molecule has 0 N–H and O–H groups in total. The minimum absolute atomic E-state index is 0.0675. The summed E-state index contributed by atoms with van der Waals surface area (Å²) in [6.07, 6.45) is 0.0675. The molecule has 0 aromatic heterocycles. The zero-order valence-corrected chi connectivity index (χ0v) is 13.5. The molecule has 0 aliphatic carbocycles. The molecule has 2 atom stereocenters. The number of rotatable bonds is 6. The van der Waals surface area contributed by atoms with Gasteiger partial charge in [-0.2, -0.15) is 8.42 Å². The van der Waals surface area contributed by atoms with Crippen LogP contribution in [-0.2, 0) is 15.0 Å². The highest BCUT2D eigenvalue weighted by molar-refractivity contribution is 7.86. The van der Waals surface area contributed by atoms with Gasteiger partial charge in [0.2, 0.25) is 5.91 Å². The van der Waals surface area contributed by atoms with Gasteiger partial charge in [-0.25, -0.2) is 0 Å². The first-order valence-electron chi connectivity index (χ1n) is 7.16. The summed E-state index contributed by atoms with van der Waals surface area (Å²) in [4.78, 5) is 13.5. The van der Waals surface area contributed by atoms with Gasteiger partial charge in [-0.05, 0) is 26.0 Å². The molecule has 7 heteroatoms. The van der Waals surface area contributed by atoms with Crippen LogP contribution in [0.1, 0.15) is 18.9 Å². The number of carbonyl (C=O) groups is 1. The highest BCUT2D eigenvalue weighted by Gasteiger charge is 2.35. The third kappa shape index (κ3) is 4.69. The second kappa shape index (κ2) is 6.64. The van der Waals surface area contributed by atoms with Gasteiger partial charge in [-0.3, -0.25) is 4.79 Å². The smallest absolute Gasteiger partial charge is 0.302 e. The van der Waals surface area contributed by atoms with Crippen LogP contribution in [0.4, 0.5) is 3.89 Å². The van der Waals surface area contributed by atoms with Crippen LogP contribution in [0.5, 0.6) is 5.75 Å². The Bertz CT molecular complexity index is 629. The average Bonchev–Trinajstić information content (AvgIpc) is 2.76. The summed E-state index contributed by atoms with van der Waals surface area (Å²) in [6.45, 7) is 4.37. The van der Waals surface area contributed by atoms with Crippen LogP contribution in [-0.4, -0.2) is 44.2 Å². The number of ether oxygens (including phenoxy) is 1. The lowest BCUT2D eigenvalue weighted by atomic mass is 10.1. The summed E-state index contributed by atoms with van der Waals surface area (Å²) in [5.74, 6) is -0.522. The van der Waals surface area contributed by atoms with E-state index in [1.54, 1.807) is 4.90 Å². The predicted molar refractivity (Wildman–Crippen MR) is 80.9 cm³/mol. The lowest BCUT2D eigenvalue weighted by molar-refractivity contribution is -0.129. The minimum Gasteiger partial charge on any atom is -0.491 e. The molecule has 1 aromatic rings. The third-order valence-electron chi connectivity index (χ3n) is 3.72. The van der Waals surface area contributed by atoms with Crippen LogP contribution in [0, 0.1) is 12.8 Å². The topological polar surface area (TPSA) is 63.7 Å². The summed E-state index contributed by atoms with van der Waals surface area (Å²) in [6, 6.07) is 7.38. The normalized spacial score (nSPS) is 20.2. The molecule has 1 amide bonds. The highest BCUT2D eigenvalue weighted by Crippen LogP contribution is 2.22. The Morgan fingerprint density at radius 3 is 2.59 bits per heavy atom. The van der Waals surface area contributed by atoms with E-state index in [9.17, 15) is 17.1 Å². The quantitative estimate of drug-likeness (QED) is 0.748. The second-order valence-corrected chi connectivity index (χ2v) is 7.21. The summed E-state index contributed by atoms with van der Waals surface area (Å²) < 4.78 is 39.7. The van der Waals surface area contributed by atoms with E-state index in [1.165, 1.54) is 0 Å². The maximum absolute atomic E-state index is 12.7. The fourth-order valence-corrected chi connectivity index (χ4v) is 3.36. The van der Waals surface area contributed by atoms with Crippen molar-refractivity contribution in [3.8, 4) is 5.75 Å². The van der Waals surface area contributed by atoms with E-state index in [1.807, 2.05) is 38.1 Å². The van der Waals surface area contributed by atoms with Crippen LogP contribution in [0.3, 0.4) is 0 Å². The van der Waals surface area contributed by atoms with Crippen molar-refractivity contribution in [2.45, 2.75) is 26.3 Å². The molecule has 1 heterocycles. The van der Waals surface area contributed by atoms with E-state index < -0.39 is 21.9 Å². The fraction of sp³-hybridized carbons (Fsp3) is 0.533. The number of aryl methyl sites for hydroxylation is 1. The Labute approximate surface area is 130 Å². The van der Waals surface area contributed by atoms with Gasteiger partial charge in [0.1, 0.15) is 12.4 Å². The molecule has 1 fully saturated rings. The Kier molecular flexibility index (Phi) is 5.05. The molecule has 0 spiro atoms. The molecule has 1 aliphatic heterocycles. The van der Waals surface area contributed by atoms with Crippen molar-refractivity contribution in [3.05, 3.63) is 29.8 Å². The lowest BCUT2D eigenvalue weighted by Gasteiger charge is -2.24. The third-order valence-corrected chi connectivity index (χ3v) is 4.59. The second-order valence-electron chi connectivity index (χ2n) is 5.79. The maximum Gasteiger partial charge on any atom is 0.302 e. The molecule has 1 aromatic carbocycles. The molecule has 0 radical (unpaired) electrons. The van der Waals surface area contributed by atoms with Crippen molar-refractivity contribution in [3.63, 3.8) is 0 Å². The van der Waals surface area contributed by atoms with E-state index in [2.05, 4.69) is 0 Å². The number of carbonyl (C=O) groups excluding carboxylic acids is 1. The van der Waals surface area contributed by atoms with Gasteiger partial charge in [-0.15, -0.1) is 3.89 Å². The summed E-state index contributed by atoms with van der Waals surface area (Å²) in [5.41, 5.74) is 1.13. The lowest BCUT2D eigenvalue weighted by Crippen LogP contribution is -2.38. The Balaban J connectivity index is 1.88. The van der Waals surface area contributed by atoms with Gasteiger partial charge in [0.25, 0.3) is 0 Å². The van der Waals surface area contributed by atoms with Gasteiger partial charge in [-0.1, -0.05) is 17.7 Å². The largest absolute Gasteiger partial charge is 0.491 e. The maximum atomic E-state index is 12.7. The van der Waals surface area contributed by atoms with Gasteiger partial charge in [0, 0.05) is 18.9 Å². The highest BCUT2D eigenvalue weighted by atomic mass is 32.3. The van der Waals surface area contributed by atoms with Crippen LogP contribution in [0.25, 0.3) is 0 Å². The number of likely N-dealkylation sites (tertiary alicyclic amines) is 1. The van der Waals surface area contributed by atoms with Gasteiger partial charge >= 0.3 is 10.2 Å². The molecule has 1 saturated heterocycles. The number of benzene rings is 1. The van der Waals surface area contributed by atoms with Crippen molar-refractivity contribution in [2.24, 2.45) is 5.92 Å². The molecule has 22 heavy (non-hydrogen) atoms. The van der Waals surface area contributed by atoms with E-state index in [0.29, 0.717) is 12.4 Å². The standard InChI is InChI=1S/C15H20FNO4S/c1-11-3-5-14(6-4-11)21-9-12(2)17-8-13(7-15(17)18)10-22(16,19)20/h3-6,12-13H,7-10H2,1-2H3. The van der Waals surface area contributed by atoms with Crippen molar-refractivity contribution >= 4 is 16.1 Å². The molecule has 0 bridgehead atoms. The Morgan fingerprint density at radius 2 is 2.00 bits per heavy atom. The van der Waals surface area contributed by atoms with E-state index in [4.69, 9.17) is 4.74 Å². The molecule has 122 valence electrons. The molecule has 2 rings (SSSR count). The minimum atomic E-state index is -4.55. The van der Waals surface area contributed by atoms with E-state index >= 15 is 0 Å². The van der Waals surface area contributed by atoms with Crippen molar-refractivity contribution in [1.82, 2.24) is 4.90 Å². The zero-order valence-electron chi connectivity index (χ0n) is 12.7. The molecule has 2 unspecified atom stereocenters. The number of amides is 1. The average molecular weight is 329 g/mol. The van der Waals surface area contributed by atoms with Gasteiger partial charge in [0.05, 0.1) is 11.8 Å². The van der Waals surface area contributed by atoms with Gasteiger partial charge in [0.15, 0.2) is 0 Å². The summed E-state index contributed by atoms with van der Waals surface area (Å²) in [7, 11) is -4.55. The molecule has 0 saturated carbocycles. The fourth-order valence-electron chi connectivity index (χ4n) is 2.57. The first-order chi connectivity index (χ1) is 10.2. The van der Waals surface area contributed by atoms with Crippen LogP contribution in [0.15, 0.2) is 24.3 Å². The Morgan fingerprint density at radius 1 is 1.36 bits per heavy atom. The number of nitrogens with zero attached hydrogens (tertiary/aromatic N) is 1. The van der Waals surface area contributed by atoms with Crippen LogP contribution >= 0.6 is 0 Å². The molecular weight excluding hydrogens is 309 g/mol. The molecular formula is C15H20FNO4S. The SMILES string of the molecule is Cc1ccc(OCC(C)N2CC(CS(=O)(=O)F)CC2=O)cc1. The van der Waals surface area contributed by atoms with E-state index in [-0.39, 0.29) is 24.9 Å². The Hall–Kier alpha value is -1.63.